The van der Waals surface area contributed by atoms with Crippen LogP contribution in [0.15, 0.2) is 27.3 Å². The number of amidine groups is 1. The number of nitrogens with zero attached hydrogens (tertiary/aromatic N) is 3. The Bertz CT molecular complexity index is 899. The Labute approximate surface area is 168 Å². The van der Waals surface area contributed by atoms with E-state index in [0.29, 0.717) is 18.2 Å². The molecule has 0 bridgehead atoms. The van der Waals surface area contributed by atoms with Gasteiger partial charge in [0.15, 0.2) is 28.4 Å². The Balaban J connectivity index is 0.000000892. The fourth-order valence-electron chi connectivity index (χ4n) is 1.68. The maximum atomic E-state index is 13.3. The second-order valence-electron chi connectivity index (χ2n) is 4.77. The van der Waals surface area contributed by atoms with Crippen molar-refractivity contribution < 1.29 is 22.6 Å². The standard InChI is InChI=1S/C12H14BrFN8O2.H3NO2S/c13-7-5-6(1-2-8(7)14)22(23)10(15)9-11(21-24-20-9)18-3-4-19-12(16)17;1-4(2)3/h1-2,5,15,23H,3-4H2,(H,18,21)(H4,16,17,19);4H,(H2,1,2,3). The van der Waals surface area contributed by atoms with E-state index in [4.69, 9.17) is 25.0 Å². The summed E-state index contributed by atoms with van der Waals surface area (Å²) in [7, 11) is -2.62. The number of hydrogen-bond acceptors (Lipinski definition) is 9. The van der Waals surface area contributed by atoms with Crippen molar-refractivity contribution in [3.8, 4) is 0 Å². The number of aromatic nitrogens is 2. The van der Waals surface area contributed by atoms with Crippen LogP contribution in [0.1, 0.15) is 5.69 Å². The molecule has 28 heavy (non-hydrogen) atoms. The zero-order chi connectivity index (χ0) is 21.3. The highest BCUT2D eigenvalue weighted by molar-refractivity contribution is 9.10. The van der Waals surface area contributed by atoms with Crippen molar-refractivity contribution in [3.05, 3.63) is 34.2 Å². The molecule has 0 spiro atoms. The number of rotatable bonds is 6. The lowest BCUT2D eigenvalue weighted by molar-refractivity contribution is 0.300. The van der Waals surface area contributed by atoms with E-state index in [1.54, 1.807) is 0 Å². The molecule has 0 saturated heterocycles. The molecule has 0 radical (unpaired) electrons. The Morgan fingerprint density at radius 2 is 2.00 bits per heavy atom. The highest BCUT2D eigenvalue weighted by Gasteiger charge is 2.21. The van der Waals surface area contributed by atoms with E-state index in [9.17, 15) is 9.60 Å². The molecule has 0 saturated carbocycles. The third kappa shape index (κ3) is 7.43. The van der Waals surface area contributed by atoms with Gasteiger partial charge in [0.2, 0.25) is 5.82 Å². The van der Waals surface area contributed by atoms with Crippen LogP contribution in [0.3, 0.4) is 0 Å². The lowest BCUT2D eigenvalue weighted by Gasteiger charge is -2.17. The smallest absolute Gasteiger partial charge is 0.202 e. The molecule has 2 aromatic rings. The van der Waals surface area contributed by atoms with Crippen LogP contribution in [0.4, 0.5) is 15.9 Å². The van der Waals surface area contributed by atoms with Crippen LogP contribution < -0.4 is 26.6 Å². The first-order valence-corrected chi connectivity index (χ1v) is 9.23. The van der Waals surface area contributed by atoms with Gasteiger partial charge in [-0.2, -0.15) is 0 Å². The van der Waals surface area contributed by atoms with Gasteiger partial charge < -0.3 is 16.4 Å². The maximum Gasteiger partial charge on any atom is 0.202 e. The second kappa shape index (κ2) is 11.1. The van der Waals surface area contributed by atoms with E-state index in [0.717, 1.165) is 6.07 Å². The van der Waals surface area contributed by atoms with Crippen molar-refractivity contribution in [2.45, 2.75) is 0 Å². The van der Waals surface area contributed by atoms with E-state index < -0.39 is 22.5 Å². The SMILES string of the molecule is N=C(N)NCCNc1nonc1C(=N)N(O)c1ccc(F)c(Br)c1.N[SH](=O)=O. The molecule has 1 heterocycles. The Hall–Kier alpha value is -2.82. The van der Waals surface area contributed by atoms with Gasteiger partial charge in [0.25, 0.3) is 0 Å². The largest absolute Gasteiger partial charge is 0.370 e. The Kier molecular flexibility index (Phi) is 9.22. The van der Waals surface area contributed by atoms with Crippen molar-refractivity contribution in [1.82, 2.24) is 15.6 Å². The van der Waals surface area contributed by atoms with E-state index in [-0.39, 0.29) is 27.6 Å². The summed E-state index contributed by atoms with van der Waals surface area (Å²) in [6.07, 6.45) is 0. The summed E-state index contributed by atoms with van der Waals surface area (Å²) < 4.78 is 35.6. The average Bonchev–Trinajstić information content (AvgIpc) is 3.07. The quantitative estimate of drug-likeness (QED) is 0.0872. The number of benzene rings is 1. The minimum absolute atomic E-state index is 0.0410. The van der Waals surface area contributed by atoms with Crippen LogP contribution in [0.2, 0.25) is 0 Å². The molecule has 0 amide bonds. The highest BCUT2D eigenvalue weighted by atomic mass is 79.9. The number of hydrogen-bond donors (Lipinski definition) is 8. The van der Waals surface area contributed by atoms with Gasteiger partial charge in [-0.25, -0.2) is 27.6 Å². The van der Waals surface area contributed by atoms with Crippen molar-refractivity contribution in [2.75, 3.05) is 23.5 Å². The number of thiol groups is 1. The van der Waals surface area contributed by atoms with E-state index in [1.807, 2.05) is 0 Å². The normalized spacial score (nSPS) is 10.0. The average molecular weight is 482 g/mol. The molecule has 0 unspecified atom stereocenters. The van der Waals surface area contributed by atoms with Crippen molar-refractivity contribution in [2.24, 2.45) is 10.9 Å². The zero-order valence-electron chi connectivity index (χ0n) is 14.0. The van der Waals surface area contributed by atoms with Gasteiger partial charge in [0.05, 0.1) is 10.2 Å². The molecule has 2 rings (SSSR count). The zero-order valence-corrected chi connectivity index (χ0v) is 16.5. The molecule has 0 atom stereocenters. The maximum absolute atomic E-state index is 13.3. The monoisotopic (exact) mass is 481 g/mol. The van der Waals surface area contributed by atoms with Crippen LogP contribution in [0.5, 0.6) is 0 Å². The fraction of sp³-hybridized carbons (Fsp3) is 0.167. The highest BCUT2D eigenvalue weighted by Crippen LogP contribution is 2.24. The number of guanidine groups is 1. The van der Waals surface area contributed by atoms with Crippen LogP contribution in [-0.4, -0.2) is 48.8 Å². The first-order valence-electron chi connectivity index (χ1n) is 7.19. The van der Waals surface area contributed by atoms with Gasteiger partial charge in [-0.05, 0) is 44.4 Å². The molecule has 0 fully saturated rings. The third-order valence-electron chi connectivity index (χ3n) is 2.81. The molecule has 13 nitrogen and oxygen atoms in total. The minimum atomic E-state index is -2.62. The van der Waals surface area contributed by atoms with Crippen molar-refractivity contribution in [3.63, 3.8) is 0 Å². The molecule has 1 aromatic heterocycles. The molecule has 1 aromatic carbocycles. The third-order valence-corrected chi connectivity index (χ3v) is 3.41. The summed E-state index contributed by atoms with van der Waals surface area (Å²) >= 11 is 3.00. The molecular formula is C12H17BrFN9O4S. The lowest BCUT2D eigenvalue weighted by Crippen LogP contribution is -2.34. The summed E-state index contributed by atoms with van der Waals surface area (Å²) in [4.78, 5) is 0. The van der Waals surface area contributed by atoms with Crippen LogP contribution >= 0.6 is 15.9 Å². The first-order chi connectivity index (χ1) is 13.1. The van der Waals surface area contributed by atoms with Crippen LogP contribution in [-0.2, 0) is 10.9 Å². The second-order valence-corrected chi connectivity index (χ2v) is 6.20. The fourth-order valence-corrected chi connectivity index (χ4v) is 2.05. The molecular weight excluding hydrogens is 465 g/mol. The minimum Gasteiger partial charge on any atom is -0.370 e. The number of hydroxylamine groups is 1. The van der Waals surface area contributed by atoms with Crippen molar-refractivity contribution in [1.29, 1.82) is 10.8 Å². The van der Waals surface area contributed by atoms with E-state index in [1.165, 1.54) is 12.1 Å². The van der Waals surface area contributed by atoms with Crippen molar-refractivity contribution >= 4 is 50.1 Å². The summed E-state index contributed by atoms with van der Waals surface area (Å²) in [5, 5.41) is 42.3. The predicted octanol–water partition coefficient (Wildman–Crippen LogP) is -0.441. The van der Waals surface area contributed by atoms with Crippen LogP contribution in [0.25, 0.3) is 0 Å². The predicted molar refractivity (Wildman–Crippen MR) is 102 cm³/mol. The molecule has 0 aliphatic rings. The number of nitrogens with one attached hydrogen (secondary N) is 4. The van der Waals surface area contributed by atoms with Gasteiger partial charge >= 0.3 is 0 Å². The molecule has 0 aliphatic heterocycles. The topological polar surface area (TPSA) is 220 Å². The lowest BCUT2D eigenvalue weighted by atomic mass is 10.3. The van der Waals surface area contributed by atoms with E-state index >= 15 is 0 Å². The van der Waals surface area contributed by atoms with Gasteiger partial charge in [-0.15, -0.1) is 0 Å². The van der Waals surface area contributed by atoms with Gasteiger partial charge in [-0.1, -0.05) is 0 Å². The first kappa shape index (κ1) is 23.2. The molecule has 9 N–H and O–H groups in total. The van der Waals surface area contributed by atoms with Gasteiger partial charge in [0, 0.05) is 13.1 Å². The number of halogens is 2. The summed E-state index contributed by atoms with van der Waals surface area (Å²) in [6, 6.07) is 3.75. The summed E-state index contributed by atoms with van der Waals surface area (Å²) in [5.74, 6) is -0.962. The molecule has 16 heteroatoms. The Morgan fingerprint density at radius 1 is 1.36 bits per heavy atom. The van der Waals surface area contributed by atoms with E-state index in [2.05, 4.69) is 46.6 Å². The Morgan fingerprint density at radius 3 is 2.57 bits per heavy atom. The molecule has 0 aliphatic carbocycles. The number of anilines is 2. The summed E-state index contributed by atoms with van der Waals surface area (Å²) in [6.45, 7) is 0.657. The summed E-state index contributed by atoms with van der Waals surface area (Å²) in [5.41, 5.74) is 5.26. The van der Waals surface area contributed by atoms with Crippen LogP contribution in [0, 0.1) is 16.6 Å². The van der Waals surface area contributed by atoms with Gasteiger partial charge in [-0.3, -0.25) is 16.0 Å². The number of nitrogens with two attached hydrogens (primary N) is 2. The van der Waals surface area contributed by atoms with Gasteiger partial charge in [0.1, 0.15) is 5.82 Å². The molecule has 154 valence electrons.